The molecule has 0 bridgehead atoms. The van der Waals surface area contributed by atoms with Crippen molar-refractivity contribution in [1.82, 2.24) is 5.32 Å². The Bertz CT molecular complexity index is 305. The molecule has 4 nitrogen and oxygen atoms in total. The average molecular weight is 196 g/mol. The van der Waals surface area contributed by atoms with Crippen LogP contribution in [0.2, 0.25) is 0 Å². The van der Waals surface area contributed by atoms with E-state index in [-0.39, 0.29) is 5.97 Å². The van der Waals surface area contributed by atoms with E-state index in [1.54, 1.807) is 6.92 Å². The number of esters is 1. The van der Waals surface area contributed by atoms with Crippen molar-refractivity contribution in [2.24, 2.45) is 5.73 Å². The number of allylic oxidation sites excluding steroid dienone is 3. The molecule has 1 rings (SSSR count). The van der Waals surface area contributed by atoms with Gasteiger partial charge in [-0.05, 0) is 32.4 Å². The van der Waals surface area contributed by atoms with E-state index >= 15 is 0 Å². The predicted octanol–water partition coefficient (Wildman–Crippen LogP) is 0.658. The van der Waals surface area contributed by atoms with E-state index < -0.39 is 6.04 Å². The molecule has 0 amide bonds. The fourth-order valence-corrected chi connectivity index (χ4v) is 1.39. The molecule has 1 aliphatic heterocycles. The lowest BCUT2D eigenvalue weighted by molar-refractivity contribution is -0.144. The lowest BCUT2D eigenvalue weighted by Gasteiger charge is -2.24. The van der Waals surface area contributed by atoms with Gasteiger partial charge in [-0.2, -0.15) is 0 Å². The quantitative estimate of drug-likeness (QED) is 0.637. The second-order valence-electron chi connectivity index (χ2n) is 3.30. The average Bonchev–Trinajstić information content (AvgIpc) is 2.11. The van der Waals surface area contributed by atoms with Crippen molar-refractivity contribution >= 4 is 5.97 Å². The maximum atomic E-state index is 11.5. The maximum Gasteiger partial charge on any atom is 0.334 e. The summed E-state index contributed by atoms with van der Waals surface area (Å²) in [4.78, 5) is 11.5. The highest BCUT2D eigenvalue weighted by atomic mass is 16.5. The Balaban J connectivity index is 2.83. The Hall–Kier alpha value is -1.45. The first-order chi connectivity index (χ1) is 6.56. The number of dihydropyridines is 1. The molecule has 0 unspecified atom stereocenters. The molecule has 0 fully saturated rings. The van der Waals surface area contributed by atoms with Crippen LogP contribution in [0.4, 0.5) is 0 Å². The zero-order valence-corrected chi connectivity index (χ0v) is 8.76. The fraction of sp³-hybridized carbons (Fsp3) is 0.500. The number of nitrogens with two attached hydrogens (primary N) is 1. The van der Waals surface area contributed by atoms with E-state index in [4.69, 9.17) is 10.5 Å². The van der Waals surface area contributed by atoms with Crippen molar-refractivity contribution in [2.75, 3.05) is 6.61 Å². The van der Waals surface area contributed by atoms with Gasteiger partial charge in [0.1, 0.15) is 0 Å². The Morgan fingerprint density at radius 1 is 1.64 bits per heavy atom. The molecule has 1 atom stereocenters. The van der Waals surface area contributed by atoms with Crippen LogP contribution in [0, 0.1) is 0 Å². The molecule has 0 spiro atoms. The van der Waals surface area contributed by atoms with Crippen molar-refractivity contribution in [1.29, 1.82) is 0 Å². The lowest BCUT2D eigenvalue weighted by Crippen LogP contribution is -2.43. The lowest BCUT2D eigenvalue weighted by atomic mass is 10.0. The SMILES string of the molecule is CCOC(=O)[C@H]1NC(C)=CC(C)=C1N. The second-order valence-corrected chi connectivity index (χ2v) is 3.30. The van der Waals surface area contributed by atoms with E-state index in [0.29, 0.717) is 12.3 Å². The molecule has 0 aliphatic carbocycles. The molecule has 3 N–H and O–H groups in total. The van der Waals surface area contributed by atoms with Gasteiger partial charge in [-0.1, -0.05) is 0 Å². The molecular weight excluding hydrogens is 180 g/mol. The van der Waals surface area contributed by atoms with Gasteiger partial charge in [-0.25, -0.2) is 4.79 Å². The Labute approximate surface area is 83.8 Å². The number of carbonyl (C=O) groups is 1. The van der Waals surface area contributed by atoms with Crippen molar-refractivity contribution in [3.8, 4) is 0 Å². The number of nitrogens with one attached hydrogen (secondary N) is 1. The minimum atomic E-state index is -0.528. The molecule has 0 aromatic carbocycles. The predicted molar refractivity (Wildman–Crippen MR) is 54.2 cm³/mol. The number of ether oxygens (including phenoxy) is 1. The van der Waals surface area contributed by atoms with Crippen LogP contribution in [0.15, 0.2) is 23.0 Å². The Kier molecular flexibility index (Phi) is 3.17. The van der Waals surface area contributed by atoms with Gasteiger partial charge >= 0.3 is 5.97 Å². The highest BCUT2D eigenvalue weighted by molar-refractivity contribution is 5.80. The van der Waals surface area contributed by atoms with Crippen LogP contribution < -0.4 is 11.1 Å². The first-order valence-corrected chi connectivity index (χ1v) is 4.64. The summed E-state index contributed by atoms with van der Waals surface area (Å²) in [5, 5.41) is 2.98. The minimum absolute atomic E-state index is 0.322. The van der Waals surface area contributed by atoms with Gasteiger partial charge in [-0.15, -0.1) is 0 Å². The van der Waals surface area contributed by atoms with Crippen LogP contribution in [-0.2, 0) is 9.53 Å². The molecule has 0 aromatic rings. The number of rotatable bonds is 2. The van der Waals surface area contributed by atoms with Crippen molar-refractivity contribution in [3.05, 3.63) is 23.0 Å². The zero-order valence-electron chi connectivity index (χ0n) is 8.76. The summed E-state index contributed by atoms with van der Waals surface area (Å²) in [7, 11) is 0. The normalized spacial score (nSPS) is 21.4. The first kappa shape index (κ1) is 10.6. The van der Waals surface area contributed by atoms with Gasteiger partial charge in [-0.3, -0.25) is 0 Å². The molecule has 1 heterocycles. The molecule has 1 aliphatic rings. The summed E-state index contributed by atoms with van der Waals surface area (Å²) in [5.41, 5.74) is 8.17. The molecule has 14 heavy (non-hydrogen) atoms. The third kappa shape index (κ3) is 2.07. The van der Waals surface area contributed by atoms with E-state index in [1.165, 1.54) is 0 Å². The van der Waals surface area contributed by atoms with Gasteiger partial charge in [0.05, 0.1) is 6.61 Å². The molecular formula is C10H16N2O2. The first-order valence-electron chi connectivity index (χ1n) is 4.64. The minimum Gasteiger partial charge on any atom is -0.464 e. The number of hydrogen-bond acceptors (Lipinski definition) is 4. The standard InChI is InChI=1S/C10H16N2O2/c1-4-14-10(13)9-8(11)6(2)5-7(3)12-9/h5,9,12H,4,11H2,1-3H3/t9-/m0/s1. The van der Waals surface area contributed by atoms with Crippen LogP contribution in [-0.4, -0.2) is 18.6 Å². The van der Waals surface area contributed by atoms with Crippen LogP contribution in [0.1, 0.15) is 20.8 Å². The van der Waals surface area contributed by atoms with Crippen LogP contribution in [0.5, 0.6) is 0 Å². The van der Waals surface area contributed by atoms with Crippen LogP contribution in [0.25, 0.3) is 0 Å². The Morgan fingerprint density at radius 2 is 2.29 bits per heavy atom. The summed E-state index contributed by atoms with van der Waals surface area (Å²) in [6.07, 6.45) is 1.91. The van der Waals surface area contributed by atoms with E-state index in [1.807, 2.05) is 19.9 Å². The third-order valence-electron chi connectivity index (χ3n) is 2.09. The largest absolute Gasteiger partial charge is 0.464 e. The summed E-state index contributed by atoms with van der Waals surface area (Å²) in [6, 6.07) is -0.528. The highest BCUT2D eigenvalue weighted by Gasteiger charge is 2.25. The Morgan fingerprint density at radius 3 is 2.86 bits per heavy atom. The van der Waals surface area contributed by atoms with Gasteiger partial charge < -0.3 is 15.8 Å². The number of carbonyl (C=O) groups excluding carboxylic acids is 1. The van der Waals surface area contributed by atoms with Crippen molar-refractivity contribution in [2.45, 2.75) is 26.8 Å². The number of hydrogen-bond donors (Lipinski definition) is 2. The molecule has 4 heteroatoms. The van der Waals surface area contributed by atoms with Crippen LogP contribution in [0.3, 0.4) is 0 Å². The second kappa shape index (κ2) is 4.17. The third-order valence-corrected chi connectivity index (χ3v) is 2.09. The molecule has 0 radical (unpaired) electrons. The summed E-state index contributed by atoms with van der Waals surface area (Å²) < 4.78 is 4.91. The molecule has 0 saturated carbocycles. The summed E-state index contributed by atoms with van der Waals surface area (Å²) in [5.74, 6) is -0.322. The highest BCUT2D eigenvalue weighted by Crippen LogP contribution is 2.14. The van der Waals surface area contributed by atoms with E-state index in [2.05, 4.69) is 5.32 Å². The molecule has 0 aromatic heterocycles. The van der Waals surface area contributed by atoms with Crippen LogP contribution >= 0.6 is 0 Å². The fourth-order valence-electron chi connectivity index (χ4n) is 1.39. The zero-order chi connectivity index (χ0) is 10.7. The van der Waals surface area contributed by atoms with Gasteiger partial charge in [0.15, 0.2) is 6.04 Å². The molecule has 78 valence electrons. The summed E-state index contributed by atoms with van der Waals surface area (Å²) >= 11 is 0. The van der Waals surface area contributed by atoms with Crippen molar-refractivity contribution < 1.29 is 9.53 Å². The van der Waals surface area contributed by atoms with E-state index in [0.717, 1.165) is 11.3 Å². The van der Waals surface area contributed by atoms with Gasteiger partial charge in [0, 0.05) is 11.4 Å². The molecule has 0 saturated heterocycles. The van der Waals surface area contributed by atoms with E-state index in [9.17, 15) is 4.79 Å². The maximum absolute atomic E-state index is 11.5. The smallest absolute Gasteiger partial charge is 0.334 e. The monoisotopic (exact) mass is 196 g/mol. The van der Waals surface area contributed by atoms with Gasteiger partial charge in [0.2, 0.25) is 0 Å². The van der Waals surface area contributed by atoms with Gasteiger partial charge in [0.25, 0.3) is 0 Å². The topological polar surface area (TPSA) is 64.3 Å². The van der Waals surface area contributed by atoms with Crippen molar-refractivity contribution in [3.63, 3.8) is 0 Å². The summed E-state index contributed by atoms with van der Waals surface area (Å²) in [6.45, 7) is 5.91.